The topological polar surface area (TPSA) is 105 Å². The van der Waals surface area contributed by atoms with Crippen LogP contribution in [0.5, 0.6) is 0 Å². The smallest absolute Gasteiger partial charge is 0.233 e. The number of amides is 2. The molecule has 2 amide bonds. The Kier molecular flexibility index (Phi) is 5.70. The van der Waals surface area contributed by atoms with E-state index in [0.29, 0.717) is 32.1 Å². The summed E-state index contributed by atoms with van der Waals surface area (Å²) in [5.41, 5.74) is 1.09. The van der Waals surface area contributed by atoms with Crippen molar-refractivity contribution in [3.63, 3.8) is 0 Å². The van der Waals surface area contributed by atoms with E-state index in [1.54, 1.807) is 0 Å². The number of allylic oxidation sites excluding steroid dienone is 2. The second-order valence-corrected chi connectivity index (χ2v) is 8.98. The summed E-state index contributed by atoms with van der Waals surface area (Å²) in [5.74, 6) is 2.34. The molecule has 1 aliphatic heterocycles. The number of imide groups is 1. The average Bonchev–Trinajstić information content (AvgIpc) is 3.58. The van der Waals surface area contributed by atoms with Crippen LogP contribution in [0.2, 0.25) is 0 Å². The number of hydrogen-bond donors (Lipinski definition) is 2. The van der Waals surface area contributed by atoms with Gasteiger partial charge in [-0.25, -0.2) is 4.99 Å². The maximum atomic E-state index is 12.9. The SMILES string of the molecule is Cc1nnc(CNC(=NCc2ccccc2)NCCN2C(=O)C3C4C=CC(C4)C3C2=O)n1C. The first-order valence-corrected chi connectivity index (χ1v) is 11.5. The van der Waals surface area contributed by atoms with Crippen molar-refractivity contribution in [3.8, 4) is 0 Å². The Morgan fingerprint density at radius 2 is 1.76 bits per heavy atom. The van der Waals surface area contributed by atoms with E-state index in [9.17, 15) is 9.59 Å². The zero-order chi connectivity index (χ0) is 22.9. The lowest BCUT2D eigenvalue weighted by Gasteiger charge is -2.19. The fourth-order valence-electron chi connectivity index (χ4n) is 5.17. The molecular weight excluding hydrogens is 418 g/mol. The molecular formula is C24H29N7O2. The van der Waals surface area contributed by atoms with Gasteiger partial charge in [0.15, 0.2) is 11.8 Å². The molecule has 2 N–H and O–H groups in total. The number of aromatic nitrogens is 3. The van der Waals surface area contributed by atoms with Gasteiger partial charge in [0.2, 0.25) is 11.8 Å². The number of likely N-dealkylation sites (tertiary alicyclic amines) is 1. The molecule has 5 rings (SSSR count). The molecule has 9 heteroatoms. The largest absolute Gasteiger partial charge is 0.355 e. The number of rotatable bonds is 7. The third-order valence-corrected chi connectivity index (χ3v) is 7.05. The fourth-order valence-corrected chi connectivity index (χ4v) is 5.17. The maximum absolute atomic E-state index is 12.9. The second kappa shape index (κ2) is 8.80. The molecule has 172 valence electrons. The van der Waals surface area contributed by atoms with Gasteiger partial charge >= 0.3 is 0 Å². The van der Waals surface area contributed by atoms with Crippen molar-refractivity contribution in [1.82, 2.24) is 30.3 Å². The first-order chi connectivity index (χ1) is 16.0. The summed E-state index contributed by atoms with van der Waals surface area (Å²) in [6.07, 6.45) is 5.18. The normalized spacial score (nSPS) is 25.8. The van der Waals surface area contributed by atoms with Gasteiger partial charge in [0.1, 0.15) is 5.82 Å². The predicted molar refractivity (Wildman–Crippen MR) is 123 cm³/mol. The molecule has 2 bridgehead atoms. The Morgan fingerprint density at radius 3 is 2.39 bits per heavy atom. The lowest BCUT2D eigenvalue weighted by molar-refractivity contribution is -0.140. The summed E-state index contributed by atoms with van der Waals surface area (Å²) in [5, 5.41) is 14.8. The van der Waals surface area contributed by atoms with Crippen molar-refractivity contribution in [2.75, 3.05) is 13.1 Å². The molecule has 4 unspecified atom stereocenters. The van der Waals surface area contributed by atoms with E-state index in [1.807, 2.05) is 48.9 Å². The number of hydrogen-bond acceptors (Lipinski definition) is 5. The summed E-state index contributed by atoms with van der Waals surface area (Å²) >= 11 is 0. The minimum Gasteiger partial charge on any atom is -0.355 e. The van der Waals surface area contributed by atoms with Crippen LogP contribution in [0.3, 0.4) is 0 Å². The zero-order valence-corrected chi connectivity index (χ0v) is 18.9. The number of carbonyl (C=O) groups excluding carboxylic acids is 2. The van der Waals surface area contributed by atoms with Crippen molar-refractivity contribution < 1.29 is 9.59 Å². The number of nitrogens with one attached hydrogen (secondary N) is 2. The Balaban J connectivity index is 1.22. The molecule has 2 heterocycles. The average molecular weight is 448 g/mol. The summed E-state index contributed by atoms with van der Waals surface area (Å²) in [7, 11) is 1.92. The van der Waals surface area contributed by atoms with Crippen LogP contribution in [0.25, 0.3) is 0 Å². The van der Waals surface area contributed by atoms with Crippen LogP contribution in [0.15, 0.2) is 47.5 Å². The summed E-state index contributed by atoms with van der Waals surface area (Å²) < 4.78 is 1.92. The molecule has 1 saturated heterocycles. The summed E-state index contributed by atoms with van der Waals surface area (Å²) in [4.78, 5) is 31.9. The number of aryl methyl sites for hydroxylation is 1. The van der Waals surface area contributed by atoms with Crippen molar-refractivity contribution in [2.24, 2.45) is 35.7 Å². The van der Waals surface area contributed by atoms with Gasteiger partial charge in [-0.1, -0.05) is 42.5 Å². The van der Waals surface area contributed by atoms with E-state index < -0.39 is 0 Å². The molecule has 0 radical (unpaired) electrons. The highest BCUT2D eigenvalue weighted by Crippen LogP contribution is 2.52. The third kappa shape index (κ3) is 4.03. The molecule has 1 aromatic carbocycles. The standard InChI is InChI=1S/C24H29N7O2/c1-15-28-29-19(30(15)2)14-27-24(26-13-16-6-4-3-5-7-16)25-10-11-31-22(32)20-17-8-9-18(12-17)21(20)23(31)33/h3-9,17-18,20-21H,10-14H2,1-2H3,(H2,25,26,27). The molecule has 1 aromatic heterocycles. The zero-order valence-electron chi connectivity index (χ0n) is 18.9. The molecule has 4 atom stereocenters. The predicted octanol–water partition coefficient (Wildman–Crippen LogP) is 1.17. The Bertz CT molecular complexity index is 1080. The third-order valence-electron chi connectivity index (χ3n) is 7.05. The van der Waals surface area contributed by atoms with Crippen LogP contribution < -0.4 is 10.6 Å². The molecule has 0 spiro atoms. The molecule has 9 nitrogen and oxygen atoms in total. The van der Waals surface area contributed by atoms with Gasteiger partial charge < -0.3 is 15.2 Å². The Morgan fingerprint density at radius 1 is 1.06 bits per heavy atom. The second-order valence-electron chi connectivity index (χ2n) is 8.98. The van der Waals surface area contributed by atoms with Gasteiger partial charge in [-0.05, 0) is 30.7 Å². The molecule has 3 aliphatic rings. The summed E-state index contributed by atoms with van der Waals surface area (Å²) in [6.45, 7) is 3.63. The highest BCUT2D eigenvalue weighted by atomic mass is 16.2. The molecule has 33 heavy (non-hydrogen) atoms. The number of aliphatic imine (C=N–C) groups is 1. The molecule has 1 saturated carbocycles. The monoisotopic (exact) mass is 447 g/mol. The van der Waals surface area contributed by atoms with Crippen LogP contribution in [-0.2, 0) is 29.7 Å². The van der Waals surface area contributed by atoms with Gasteiger partial charge in [0, 0.05) is 20.1 Å². The van der Waals surface area contributed by atoms with Gasteiger partial charge in [-0.15, -0.1) is 10.2 Å². The molecule has 2 aliphatic carbocycles. The minimum atomic E-state index is -0.156. The van der Waals surface area contributed by atoms with E-state index in [-0.39, 0.29) is 35.5 Å². The van der Waals surface area contributed by atoms with Crippen LogP contribution >= 0.6 is 0 Å². The quantitative estimate of drug-likeness (QED) is 0.286. The highest BCUT2D eigenvalue weighted by Gasteiger charge is 2.58. The van der Waals surface area contributed by atoms with E-state index in [2.05, 4.69) is 38.0 Å². The van der Waals surface area contributed by atoms with E-state index >= 15 is 0 Å². The number of nitrogens with zero attached hydrogens (tertiary/aromatic N) is 5. The maximum Gasteiger partial charge on any atom is 0.233 e. The first-order valence-electron chi connectivity index (χ1n) is 11.5. The van der Waals surface area contributed by atoms with Crippen LogP contribution in [0.4, 0.5) is 0 Å². The lowest BCUT2D eigenvalue weighted by atomic mass is 9.85. The minimum absolute atomic E-state index is 0.0195. The van der Waals surface area contributed by atoms with Crippen LogP contribution in [0.1, 0.15) is 23.6 Å². The number of carbonyl (C=O) groups is 2. The van der Waals surface area contributed by atoms with Crippen molar-refractivity contribution >= 4 is 17.8 Å². The number of fused-ring (bicyclic) bond motifs is 5. The van der Waals surface area contributed by atoms with Gasteiger partial charge in [0.05, 0.1) is 24.9 Å². The number of guanidine groups is 1. The lowest BCUT2D eigenvalue weighted by Crippen LogP contribution is -2.43. The fraction of sp³-hybridized carbons (Fsp3) is 0.458. The highest BCUT2D eigenvalue weighted by molar-refractivity contribution is 6.06. The van der Waals surface area contributed by atoms with Gasteiger partial charge in [-0.3, -0.25) is 14.5 Å². The van der Waals surface area contributed by atoms with Gasteiger partial charge in [0.25, 0.3) is 0 Å². The Hall–Kier alpha value is -3.49. The number of benzene rings is 1. The first kappa shape index (κ1) is 21.4. The van der Waals surface area contributed by atoms with Crippen molar-refractivity contribution in [3.05, 3.63) is 59.7 Å². The molecule has 2 fully saturated rings. The van der Waals surface area contributed by atoms with E-state index in [4.69, 9.17) is 0 Å². The van der Waals surface area contributed by atoms with Crippen LogP contribution in [0, 0.1) is 30.6 Å². The van der Waals surface area contributed by atoms with Crippen molar-refractivity contribution in [1.29, 1.82) is 0 Å². The molecule has 2 aromatic rings. The van der Waals surface area contributed by atoms with Crippen LogP contribution in [-0.4, -0.2) is 50.5 Å². The van der Waals surface area contributed by atoms with E-state index in [0.717, 1.165) is 23.6 Å². The van der Waals surface area contributed by atoms with Crippen molar-refractivity contribution in [2.45, 2.75) is 26.4 Å². The van der Waals surface area contributed by atoms with E-state index in [1.165, 1.54) is 4.90 Å². The Labute approximate surface area is 193 Å². The van der Waals surface area contributed by atoms with Gasteiger partial charge in [-0.2, -0.15) is 0 Å². The summed E-state index contributed by atoms with van der Waals surface area (Å²) in [6, 6.07) is 9.99.